The van der Waals surface area contributed by atoms with Crippen molar-refractivity contribution >= 4 is 5.78 Å². The molecule has 3 atom stereocenters. The van der Waals surface area contributed by atoms with E-state index >= 15 is 0 Å². The topological polar surface area (TPSA) is 29.1 Å². The van der Waals surface area contributed by atoms with Crippen molar-refractivity contribution < 1.29 is 4.79 Å². The van der Waals surface area contributed by atoms with Gasteiger partial charge in [-0.1, -0.05) is 26.2 Å². The minimum absolute atomic E-state index is 0.330. The fourth-order valence-corrected chi connectivity index (χ4v) is 3.32. The largest absolute Gasteiger partial charge is 0.313 e. The van der Waals surface area contributed by atoms with Gasteiger partial charge in [-0.25, -0.2) is 0 Å². The van der Waals surface area contributed by atoms with Crippen molar-refractivity contribution in [3.05, 3.63) is 0 Å². The van der Waals surface area contributed by atoms with Gasteiger partial charge in [0, 0.05) is 18.4 Å². The van der Waals surface area contributed by atoms with Gasteiger partial charge in [-0.15, -0.1) is 0 Å². The molecule has 3 unspecified atom stereocenters. The van der Waals surface area contributed by atoms with E-state index < -0.39 is 0 Å². The highest BCUT2D eigenvalue weighted by Gasteiger charge is 2.32. The van der Waals surface area contributed by atoms with Crippen LogP contribution in [0.1, 0.15) is 58.3 Å². The minimum Gasteiger partial charge on any atom is -0.313 e. The summed E-state index contributed by atoms with van der Waals surface area (Å²) in [4.78, 5) is 12.1. The van der Waals surface area contributed by atoms with Gasteiger partial charge < -0.3 is 5.32 Å². The van der Waals surface area contributed by atoms with Crippen molar-refractivity contribution in [2.24, 2.45) is 11.8 Å². The van der Waals surface area contributed by atoms with E-state index in [1.807, 2.05) is 0 Å². The van der Waals surface area contributed by atoms with E-state index in [9.17, 15) is 4.79 Å². The molecule has 1 saturated heterocycles. The zero-order chi connectivity index (χ0) is 11.4. The zero-order valence-corrected chi connectivity index (χ0v) is 10.5. The highest BCUT2D eigenvalue weighted by atomic mass is 16.1. The van der Waals surface area contributed by atoms with Crippen LogP contribution in [0.4, 0.5) is 0 Å². The van der Waals surface area contributed by atoms with Crippen molar-refractivity contribution in [3.63, 3.8) is 0 Å². The van der Waals surface area contributed by atoms with E-state index in [1.54, 1.807) is 0 Å². The second-order valence-corrected chi connectivity index (χ2v) is 5.53. The quantitative estimate of drug-likeness (QED) is 0.729. The maximum absolute atomic E-state index is 12.1. The lowest BCUT2D eigenvalue weighted by Crippen LogP contribution is -2.45. The third-order valence-corrected chi connectivity index (χ3v) is 4.46. The number of carbonyl (C=O) groups is 1. The smallest absolute Gasteiger partial charge is 0.137 e. The summed E-state index contributed by atoms with van der Waals surface area (Å²) in [7, 11) is 0. The van der Waals surface area contributed by atoms with Crippen molar-refractivity contribution in [2.75, 3.05) is 6.54 Å². The highest BCUT2D eigenvalue weighted by molar-refractivity contribution is 5.81. The molecule has 2 rings (SSSR count). The van der Waals surface area contributed by atoms with Crippen LogP contribution in [0.3, 0.4) is 0 Å². The van der Waals surface area contributed by atoms with E-state index in [1.165, 1.54) is 32.1 Å². The molecular weight excluding hydrogens is 198 g/mol. The summed E-state index contributed by atoms with van der Waals surface area (Å²) >= 11 is 0. The maximum atomic E-state index is 12.1. The lowest BCUT2D eigenvalue weighted by Gasteiger charge is -2.34. The molecule has 1 aliphatic carbocycles. The van der Waals surface area contributed by atoms with Crippen LogP contribution in [0.2, 0.25) is 0 Å². The molecule has 0 bridgehead atoms. The average molecular weight is 223 g/mol. The molecule has 1 N–H and O–H groups in total. The Morgan fingerprint density at radius 2 is 2.12 bits per heavy atom. The van der Waals surface area contributed by atoms with Gasteiger partial charge in [-0.3, -0.25) is 4.79 Å². The summed E-state index contributed by atoms with van der Waals surface area (Å²) in [5.41, 5.74) is 0. The fourth-order valence-electron chi connectivity index (χ4n) is 3.32. The van der Waals surface area contributed by atoms with Crippen LogP contribution >= 0.6 is 0 Å². The Morgan fingerprint density at radius 3 is 2.94 bits per heavy atom. The van der Waals surface area contributed by atoms with Gasteiger partial charge in [-0.2, -0.15) is 0 Å². The molecular formula is C14H25NO. The van der Waals surface area contributed by atoms with E-state index in [4.69, 9.17) is 0 Å². The van der Waals surface area contributed by atoms with Crippen molar-refractivity contribution in [1.82, 2.24) is 5.32 Å². The monoisotopic (exact) mass is 223 g/mol. The molecule has 92 valence electrons. The summed E-state index contributed by atoms with van der Waals surface area (Å²) < 4.78 is 0. The first-order valence-corrected chi connectivity index (χ1v) is 7.07. The molecule has 2 fully saturated rings. The molecule has 0 aromatic heterocycles. The lowest BCUT2D eigenvalue weighted by molar-refractivity contribution is -0.124. The molecule has 0 aromatic rings. The normalized spacial score (nSPS) is 37.1. The Kier molecular flexibility index (Phi) is 4.39. The Hall–Kier alpha value is -0.370. The van der Waals surface area contributed by atoms with Crippen LogP contribution in [0, 0.1) is 11.8 Å². The van der Waals surface area contributed by atoms with Gasteiger partial charge >= 0.3 is 0 Å². The number of nitrogens with one attached hydrogen (secondary N) is 1. The first-order valence-electron chi connectivity index (χ1n) is 7.07. The van der Waals surface area contributed by atoms with Gasteiger partial charge in [0.05, 0.1) is 0 Å². The molecule has 2 aliphatic rings. The molecule has 0 radical (unpaired) electrons. The van der Waals surface area contributed by atoms with Crippen LogP contribution in [0.25, 0.3) is 0 Å². The minimum atomic E-state index is 0.330. The Labute approximate surface area is 99.2 Å². The molecule has 2 nitrogen and oxygen atoms in total. The van der Waals surface area contributed by atoms with Crippen molar-refractivity contribution in [3.8, 4) is 0 Å². The van der Waals surface area contributed by atoms with Crippen molar-refractivity contribution in [2.45, 2.75) is 64.3 Å². The van der Waals surface area contributed by atoms with Crippen LogP contribution in [0.15, 0.2) is 0 Å². The molecule has 0 spiro atoms. The Morgan fingerprint density at radius 1 is 1.25 bits per heavy atom. The van der Waals surface area contributed by atoms with Gasteiger partial charge in [-0.05, 0) is 38.1 Å². The van der Waals surface area contributed by atoms with E-state index in [2.05, 4.69) is 12.2 Å². The lowest BCUT2D eigenvalue weighted by atomic mass is 9.81. The summed E-state index contributed by atoms with van der Waals surface area (Å²) in [6.07, 6.45) is 9.41. The number of hydrogen-bond donors (Lipinski definition) is 1. The van der Waals surface area contributed by atoms with E-state index in [0.29, 0.717) is 17.7 Å². The molecule has 16 heavy (non-hydrogen) atoms. The van der Waals surface area contributed by atoms with E-state index in [0.717, 1.165) is 31.7 Å². The molecule has 0 amide bonds. The maximum Gasteiger partial charge on any atom is 0.137 e. The van der Waals surface area contributed by atoms with Crippen LogP contribution in [0.5, 0.6) is 0 Å². The van der Waals surface area contributed by atoms with Crippen molar-refractivity contribution in [1.29, 1.82) is 0 Å². The Bertz CT molecular complexity index is 239. The number of Topliss-reactive ketones (excluding diaryl/α,β-unsaturated/α-hetero) is 1. The molecule has 0 aromatic carbocycles. The number of hydrogen-bond acceptors (Lipinski definition) is 2. The number of ketones is 1. The van der Waals surface area contributed by atoms with Gasteiger partial charge in [0.15, 0.2) is 0 Å². The standard InChI is InChI=1S/C14H25NO/c1-2-11-8-9-15-13(10-11)12-6-4-3-5-7-14(12)16/h11-13,15H,2-10H2,1H3. The summed E-state index contributed by atoms with van der Waals surface area (Å²) in [6.45, 7) is 3.40. The SMILES string of the molecule is CCC1CCNC(C2CCCCCC2=O)C1. The van der Waals surface area contributed by atoms with Gasteiger partial charge in [0.25, 0.3) is 0 Å². The number of rotatable bonds is 2. The predicted molar refractivity (Wildman–Crippen MR) is 66.4 cm³/mol. The molecule has 1 aliphatic heterocycles. The predicted octanol–water partition coefficient (Wildman–Crippen LogP) is 2.91. The van der Waals surface area contributed by atoms with Gasteiger partial charge in [0.2, 0.25) is 0 Å². The molecule has 1 saturated carbocycles. The second kappa shape index (κ2) is 5.81. The molecule has 1 heterocycles. The van der Waals surface area contributed by atoms with Crippen LogP contribution in [-0.4, -0.2) is 18.4 Å². The fraction of sp³-hybridized carbons (Fsp3) is 0.929. The second-order valence-electron chi connectivity index (χ2n) is 5.53. The first kappa shape index (κ1) is 12.1. The number of piperidine rings is 1. The van der Waals surface area contributed by atoms with Crippen LogP contribution in [-0.2, 0) is 4.79 Å². The third kappa shape index (κ3) is 2.85. The zero-order valence-electron chi connectivity index (χ0n) is 10.5. The average Bonchev–Trinajstić information content (AvgIpc) is 2.54. The van der Waals surface area contributed by atoms with Gasteiger partial charge in [0.1, 0.15) is 5.78 Å². The summed E-state index contributed by atoms with van der Waals surface area (Å²) in [5.74, 6) is 1.71. The first-order chi connectivity index (χ1) is 7.81. The summed E-state index contributed by atoms with van der Waals surface area (Å²) in [5, 5.41) is 3.59. The van der Waals surface area contributed by atoms with Crippen LogP contribution < -0.4 is 5.32 Å². The Balaban J connectivity index is 1.95. The highest BCUT2D eigenvalue weighted by Crippen LogP contribution is 2.29. The third-order valence-electron chi connectivity index (χ3n) is 4.46. The molecule has 2 heteroatoms. The summed E-state index contributed by atoms with van der Waals surface area (Å²) in [6, 6.07) is 0.490. The number of carbonyl (C=O) groups excluding carboxylic acids is 1. The van der Waals surface area contributed by atoms with E-state index in [-0.39, 0.29) is 0 Å².